The Morgan fingerprint density at radius 2 is 1.93 bits per heavy atom. The van der Waals surface area contributed by atoms with Crippen LogP contribution in [0.5, 0.6) is 5.75 Å². The quantitative estimate of drug-likeness (QED) is 0.563. The van der Waals surface area contributed by atoms with Gasteiger partial charge in [0.2, 0.25) is 0 Å². The summed E-state index contributed by atoms with van der Waals surface area (Å²) >= 11 is 0. The van der Waals surface area contributed by atoms with E-state index in [1.807, 2.05) is 13.1 Å². The lowest BCUT2D eigenvalue weighted by molar-refractivity contribution is 0.267. The van der Waals surface area contributed by atoms with Crippen LogP contribution in [-0.4, -0.2) is 19.6 Å². The van der Waals surface area contributed by atoms with Gasteiger partial charge < -0.3 is 14.4 Å². The normalized spacial score (nSPS) is 11.3. The van der Waals surface area contributed by atoms with Crippen molar-refractivity contribution in [2.75, 3.05) is 0 Å². The molecule has 4 rings (SSSR count). The number of fused-ring (bicyclic) bond motifs is 1. The van der Waals surface area contributed by atoms with Crippen LogP contribution in [0.15, 0.2) is 41.1 Å². The smallest absolute Gasteiger partial charge is 0.185 e. The van der Waals surface area contributed by atoms with Gasteiger partial charge in [-0.15, -0.1) is 0 Å². The lowest BCUT2D eigenvalue weighted by Gasteiger charge is -2.10. The number of aromatic nitrogens is 3. The number of hydrogen-bond acceptors (Lipinski definition) is 5. The minimum absolute atomic E-state index is 0.145. The van der Waals surface area contributed by atoms with Crippen molar-refractivity contribution in [3.8, 4) is 17.2 Å². The second kappa shape index (κ2) is 7.05. The van der Waals surface area contributed by atoms with Crippen LogP contribution in [0.3, 0.4) is 0 Å². The summed E-state index contributed by atoms with van der Waals surface area (Å²) in [6.07, 6.45) is 1.85. The SMILES string of the molecule is Cc1cc(OCc2c(F)cccc2F)c2nc(C)c(-c3cc(CO)no3)n2c1. The first-order chi connectivity index (χ1) is 13.5. The van der Waals surface area contributed by atoms with Gasteiger partial charge in [0.1, 0.15) is 29.6 Å². The van der Waals surface area contributed by atoms with Gasteiger partial charge in [-0.25, -0.2) is 13.8 Å². The molecule has 3 aromatic heterocycles. The minimum atomic E-state index is -0.665. The van der Waals surface area contributed by atoms with Crippen LogP contribution < -0.4 is 4.74 Å². The van der Waals surface area contributed by atoms with E-state index in [1.54, 1.807) is 23.5 Å². The molecular formula is C20H17F2N3O3. The Morgan fingerprint density at radius 3 is 2.61 bits per heavy atom. The van der Waals surface area contributed by atoms with Gasteiger partial charge in [-0.2, -0.15) is 0 Å². The van der Waals surface area contributed by atoms with E-state index >= 15 is 0 Å². The van der Waals surface area contributed by atoms with Crippen molar-refractivity contribution in [3.05, 3.63) is 70.7 Å². The first-order valence-electron chi connectivity index (χ1n) is 8.59. The first kappa shape index (κ1) is 18.1. The number of benzene rings is 1. The largest absolute Gasteiger partial charge is 0.485 e. The molecule has 0 saturated carbocycles. The minimum Gasteiger partial charge on any atom is -0.485 e. The highest BCUT2D eigenvalue weighted by atomic mass is 19.1. The van der Waals surface area contributed by atoms with Crippen molar-refractivity contribution < 1.29 is 23.1 Å². The number of hydrogen-bond donors (Lipinski definition) is 1. The predicted octanol–water partition coefficient (Wildman–Crippen LogP) is 3.96. The Balaban J connectivity index is 1.77. The molecule has 6 nitrogen and oxygen atoms in total. The van der Waals surface area contributed by atoms with Crippen LogP contribution in [0.1, 0.15) is 22.5 Å². The molecule has 0 aliphatic rings. The van der Waals surface area contributed by atoms with Gasteiger partial charge in [0.15, 0.2) is 17.2 Å². The molecule has 144 valence electrons. The summed E-state index contributed by atoms with van der Waals surface area (Å²) in [5.74, 6) is -0.492. The van der Waals surface area contributed by atoms with Gasteiger partial charge >= 0.3 is 0 Å². The summed E-state index contributed by atoms with van der Waals surface area (Å²) in [6, 6.07) is 7.07. The molecule has 0 unspecified atom stereocenters. The number of aryl methyl sites for hydroxylation is 2. The van der Waals surface area contributed by atoms with Crippen LogP contribution in [0.25, 0.3) is 17.1 Å². The zero-order valence-corrected chi connectivity index (χ0v) is 15.2. The molecule has 0 radical (unpaired) electrons. The monoisotopic (exact) mass is 385 g/mol. The number of ether oxygens (including phenoxy) is 1. The molecule has 1 aromatic carbocycles. The van der Waals surface area contributed by atoms with Crippen molar-refractivity contribution >= 4 is 5.65 Å². The van der Waals surface area contributed by atoms with E-state index < -0.39 is 11.6 Å². The molecule has 0 saturated heterocycles. The predicted molar refractivity (Wildman–Crippen MR) is 96.8 cm³/mol. The molecule has 0 aliphatic heterocycles. The van der Waals surface area contributed by atoms with E-state index in [0.29, 0.717) is 34.2 Å². The summed E-state index contributed by atoms with van der Waals surface area (Å²) in [5.41, 5.74) is 2.92. The van der Waals surface area contributed by atoms with E-state index in [9.17, 15) is 13.9 Å². The Kier molecular flexibility index (Phi) is 4.56. The first-order valence-corrected chi connectivity index (χ1v) is 8.59. The summed E-state index contributed by atoms with van der Waals surface area (Å²) in [4.78, 5) is 4.52. The number of halogens is 2. The van der Waals surface area contributed by atoms with Crippen LogP contribution >= 0.6 is 0 Å². The maximum atomic E-state index is 13.9. The van der Waals surface area contributed by atoms with Crippen molar-refractivity contribution in [2.45, 2.75) is 27.1 Å². The highest BCUT2D eigenvalue weighted by Gasteiger charge is 2.19. The van der Waals surface area contributed by atoms with Gasteiger partial charge in [-0.1, -0.05) is 11.2 Å². The lowest BCUT2D eigenvalue weighted by atomic mass is 10.2. The van der Waals surface area contributed by atoms with E-state index in [4.69, 9.17) is 9.26 Å². The van der Waals surface area contributed by atoms with Crippen LogP contribution in [-0.2, 0) is 13.2 Å². The third kappa shape index (κ3) is 3.11. The molecule has 4 aromatic rings. The number of aliphatic hydroxyl groups is 1. The number of rotatable bonds is 5. The molecule has 8 heteroatoms. The number of aliphatic hydroxyl groups excluding tert-OH is 1. The lowest BCUT2D eigenvalue weighted by Crippen LogP contribution is -2.03. The zero-order chi connectivity index (χ0) is 19.8. The molecule has 28 heavy (non-hydrogen) atoms. The number of pyridine rings is 1. The molecule has 1 N–H and O–H groups in total. The standard InChI is InChI=1S/C20H17F2N3O3/c1-11-6-18(27-10-14-15(21)4-3-5-16(14)22)20-23-12(2)19(25(20)8-11)17-7-13(9-26)24-28-17/h3-8,26H,9-10H2,1-2H3. The molecular weight excluding hydrogens is 368 g/mol. The van der Waals surface area contributed by atoms with E-state index in [2.05, 4.69) is 10.1 Å². The Morgan fingerprint density at radius 1 is 1.18 bits per heavy atom. The second-order valence-electron chi connectivity index (χ2n) is 6.45. The molecule has 3 heterocycles. The average molecular weight is 385 g/mol. The molecule has 0 aliphatic carbocycles. The van der Waals surface area contributed by atoms with Crippen molar-refractivity contribution in [3.63, 3.8) is 0 Å². The van der Waals surface area contributed by atoms with E-state index in [1.165, 1.54) is 18.2 Å². The van der Waals surface area contributed by atoms with E-state index in [-0.39, 0.29) is 18.8 Å². The third-order valence-electron chi connectivity index (χ3n) is 4.39. The Hall–Kier alpha value is -3.26. The van der Waals surface area contributed by atoms with Crippen LogP contribution in [0, 0.1) is 25.5 Å². The fourth-order valence-corrected chi connectivity index (χ4v) is 3.08. The molecule has 0 spiro atoms. The number of imidazole rings is 1. The van der Waals surface area contributed by atoms with Gasteiger partial charge in [-0.3, -0.25) is 4.40 Å². The molecule has 0 bridgehead atoms. The topological polar surface area (TPSA) is 72.8 Å². The Bertz CT molecular complexity index is 1150. The van der Waals surface area contributed by atoms with Crippen molar-refractivity contribution in [1.82, 2.24) is 14.5 Å². The van der Waals surface area contributed by atoms with Crippen LogP contribution in [0.2, 0.25) is 0 Å². The van der Waals surface area contributed by atoms with Gasteiger partial charge in [-0.05, 0) is 37.6 Å². The third-order valence-corrected chi connectivity index (χ3v) is 4.39. The molecule has 0 fully saturated rings. The summed E-state index contributed by atoms with van der Waals surface area (Å²) in [6.45, 7) is 3.17. The molecule has 0 amide bonds. The van der Waals surface area contributed by atoms with Crippen LogP contribution in [0.4, 0.5) is 8.78 Å². The fraction of sp³-hybridized carbons (Fsp3) is 0.200. The highest BCUT2D eigenvalue weighted by molar-refractivity contribution is 5.67. The maximum Gasteiger partial charge on any atom is 0.185 e. The summed E-state index contributed by atoms with van der Waals surface area (Å²) < 4.78 is 40.6. The maximum absolute atomic E-state index is 13.9. The van der Waals surface area contributed by atoms with E-state index in [0.717, 1.165) is 5.56 Å². The van der Waals surface area contributed by atoms with Gasteiger partial charge in [0, 0.05) is 12.3 Å². The second-order valence-corrected chi connectivity index (χ2v) is 6.45. The zero-order valence-electron chi connectivity index (χ0n) is 15.2. The van der Waals surface area contributed by atoms with Gasteiger partial charge in [0.25, 0.3) is 0 Å². The van der Waals surface area contributed by atoms with Crippen molar-refractivity contribution in [1.29, 1.82) is 0 Å². The summed E-state index contributed by atoms with van der Waals surface area (Å²) in [7, 11) is 0. The fourth-order valence-electron chi connectivity index (χ4n) is 3.08. The Labute approximate surface area is 159 Å². The summed E-state index contributed by atoms with van der Waals surface area (Å²) in [5, 5.41) is 13.0. The van der Waals surface area contributed by atoms with Crippen molar-refractivity contribution in [2.24, 2.45) is 0 Å². The highest BCUT2D eigenvalue weighted by Crippen LogP contribution is 2.31. The average Bonchev–Trinajstić information content (AvgIpc) is 3.24. The molecule has 0 atom stereocenters. The number of nitrogens with zero attached hydrogens (tertiary/aromatic N) is 3. The van der Waals surface area contributed by atoms with Gasteiger partial charge in [0.05, 0.1) is 17.9 Å².